The minimum Gasteiger partial charge on any atom is -0.479 e. The Labute approximate surface area is 264 Å². The molecular weight excluding hydrogens is 579 g/mol. The molecule has 0 saturated carbocycles. The summed E-state index contributed by atoms with van der Waals surface area (Å²) in [5.41, 5.74) is 6.65. The standard InChI is InChI=1S/C36H44F3N3O3/c1-21-30(24-8-9-25-19-41(13-10-23(25)16-24)20-26-17-28(38)29(39)18-27(26)37)32(42-14-11-36(6,7)12-15-42)31(22(2)40-21)33(34(43)44)45-35(3,4)5/h8-9,16-18,33H,10-15,19-20H2,1-7H3,(H,43,44)/t33-/m0/s1. The van der Waals surface area contributed by atoms with Crippen LogP contribution in [0, 0.1) is 36.7 Å². The van der Waals surface area contributed by atoms with Gasteiger partial charge in [-0.1, -0.05) is 32.0 Å². The van der Waals surface area contributed by atoms with E-state index in [1.807, 2.05) is 45.6 Å². The summed E-state index contributed by atoms with van der Waals surface area (Å²) in [7, 11) is 0. The lowest BCUT2D eigenvalue weighted by atomic mass is 9.81. The first-order valence-corrected chi connectivity index (χ1v) is 15.7. The zero-order chi connectivity index (χ0) is 32.8. The van der Waals surface area contributed by atoms with Gasteiger partial charge in [-0.3, -0.25) is 9.88 Å². The highest BCUT2D eigenvalue weighted by Crippen LogP contribution is 2.45. The summed E-state index contributed by atoms with van der Waals surface area (Å²) in [6.45, 7) is 16.9. The lowest BCUT2D eigenvalue weighted by molar-refractivity contribution is -0.160. The van der Waals surface area contributed by atoms with Gasteiger partial charge in [-0.25, -0.2) is 18.0 Å². The summed E-state index contributed by atoms with van der Waals surface area (Å²) >= 11 is 0. The highest BCUT2D eigenvalue weighted by Gasteiger charge is 2.36. The van der Waals surface area contributed by atoms with Gasteiger partial charge in [0.05, 0.1) is 11.3 Å². The van der Waals surface area contributed by atoms with E-state index in [4.69, 9.17) is 9.72 Å². The highest BCUT2D eigenvalue weighted by atomic mass is 19.2. The number of halogens is 3. The van der Waals surface area contributed by atoms with Gasteiger partial charge in [-0.2, -0.15) is 0 Å². The molecule has 0 amide bonds. The molecule has 45 heavy (non-hydrogen) atoms. The van der Waals surface area contributed by atoms with E-state index in [1.54, 1.807) is 0 Å². The third kappa shape index (κ3) is 7.20. The van der Waals surface area contributed by atoms with E-state index in [0.717, 1.165) is 65.6 Å². The number of ether oxygens (including phenoxy) is 1. The quantitative estimate of drug-likeness (QED) is 0.270. The molecule has 9 heteroatoms. The number of piperidine rings is 1. The number of aliphatic carboxylic acids is 1. The Bertz CT molecular complexity index is 1610. The minimum atomic E-state index is -1.19. The molecule has 3 heterocycles. The van der Waals surface area contributed by atoms with Crippen LogP contribution in [0.15, 0.2) is 30.3 Å². The first-order chi connectivity index (χ1) is 21.0. The summed E-state index contributed by atoms with van der Waals surface area (Å²) in [6, 6.07) is 7.79. The van der Waals surface area contributed by atoms with Crippen molar-refractivity contribution in [3.8, 4) is 11.1 Å². The number of aromatic nitrogens is 1. The molecule has 2 aromatic carbocycles. The van der Waals surface area contributed by atoms with Crippen LogP contribution in [0.3, 0.4) is 0 Å². The number of carboxylic acids is 1. The lowest BCUT2D eigenvalue weighted by Gasteiger charge is -2.41. The first kappa shape index (κ1) is 32.9. The molecule has 0 spiro atoms. The van der Waals surface area contributed by atoms with E-state index in [9.17, 15) is 23.1 Å². The Morgan fingerprint density at radius 2 is 1.64 bits per heavy atom. The molecule has 242 valence electrons. The molecule has 1 N–H and O–H groups in total. The molecule has 2 aliphatic heterocycles. The fourth-order valence-electron chi connectivity index (χ4n) is 6.58. The summed E-state index contributed by atoms with van der Waals surface area (Å²) < 4.78 is 47.8. The van der Waals surface area contributed by atoms with E-state index in [0.29, 0.717) is 36.8 Å². The second-order valence-corrected chi connectivity index (χ2v) is 14.3. The number of benzene rings is 2. The van der Waals surface area contributed by atoms with Crippen molar-refractivity contribution in [2.75, 3.05) is 24.5 Å². The molecule has 0 bridgehead atoms. The largest absolute Gasteiger partial charge is 0.479 e. The Hall–Kier alpha value is -3.43. The number of hydrogen-bond donors (Lipinski definition) is 1. The number of pyridine rings is 1. The number of fused-ring (bicyclic) bond motifs is 1. The third-order valence-electron chi connectivity index (χ3n) is 9.04. The predicted molar refractivity (Wildman–Crippen MR) is 170 cm³/mol. The van der Waals surface area contributed by atoms with Gasteiger partial charge in [0.2, 0.25) is 0 Å². The topological polar surface area (TPSA) is 65.9 Å². The van der Waals surface area contributed by atoms with Crippen LogP contribution in [0.1, 0.15) is 87.2 Å². The van der Waals surface area contributed by atoms with Gasteiger partial charge in [0.1, 0.15) is 5.82 Å². The summed E-state index contributed by atoms with van der Waals surface area (Å²) in [5.74, 6) is -4.05. The number of hydrogen-bond acceptors (Lipinski definition) is 5. The molecule has 2 aliphatic rings. The van der Waals surface area contributed by atoms with E-state index >= 15 is 0 Å². The molecule has 1 saturated heterocycles. The average molecular weight is 624 g/mol. The van der Waals surface area contributed by atoms with Gasteiger partial charge in [-0.15, -0.1) is 0 Å². The second-order valence-electron chi connectivity index (χ2n) is 14.3. The zero-order valence-electron chi connectivity index (χ0n) is 27.4. The number of carboxylic acid groups (broad SMARTS) is 1. The van der Waals surface area contributed by atoms with Crippen molar-refractivity contribution in [3.05, 3.63) is 81.4 Å². The van der Waals surface area contributed by atoms with Crippen LogP contribution in [0.2, 0.25) is 0 Å². The second kappa shape index (κ2) is 12.4. The van der Waals surface area contributed by atoms with Crippen LogP contribution in [-0.4, -0.2) is 46.2 Å². The number of aryl methyl sites for hydroxylation is 2. The van der Waals surface area contributed by atoms with Gasteiger partial charge < -0.3 is 14.7 Å². The zero-order valence-corrected chi connectivity index (χ0v) is 27.4. The molecule has 5 rings (SSSR count). The van der Waals surface area contributed by atoms with Crippen LogP contribution in [-0.2, 0) is 29.0 Å². The van der Waals surface area contributed by atoms with E-state index in [-0.39, 0.29) is 17.5 Å². The molecule has 0 unspecified atom stereocenters. The molecule has 6 nitrogen and oxygen atoms in total. The van der Waals surface area contributed by atoms with Gasteiger partial charge in [0.15, 0.2) is 17.7 Å². The normalized spacial score (nSPS) is 17.7. The lowest BCUT2D eigenvalue weighted by Crippen LogP contribution is -2.39. The van der Waals surface area contributed by atoms with Crippen LogP contribution in [0.4, 0.5) is 18.9 Å². The first-order valence-electron chi connectivity index (χ1n) is 15.7. The van der Waals surface area contributed by atoms with Gasteiger partial charge >= 0.3 is 5.97 Å². The Morgan fingerprint density at radius 1 is 0.978 bits per heavy atom. The fourth-order valence-corrected chi connectivity index (χ4v) is 6.58. The van der Waals surface area contributed by atoms with Crippen molar-refractivity contribution < 1.29 is 27.8 Å². The van der Waals surface area contributed by atoms with E-state index in [2.05, 4.69) is 30.9 Å². The molecule has 1 atom stereocenters. The molecule has 1 aromatic heterocycles. The number of nitrogens with zero attached hydrogens (tertiary/aromatic N) is 3. The van der Waals surface area contributed by atoms with Crippen LogP contribution in [0.25, 0.3) is 11.1 Å². The van der Waals surface area contributed by atoms with Crippen molar-refractivity contribution >= 4 is 11.7 Å². The van der Waals surface area contributed by atoms with E-state index in [1.165, 1.54) is 0 Å². The highest BCUT2D eigenvalue weighted by molar-refractivity contribution is 5.88. The van der Waals surface area contributed by atoms with Crippen LogP contribution < -0.4 is 4.90 Å². The number of anilines is 1. The number of rotatable bonds is 7. The average Bonchev–Trinajstić information content (AvgIpc) is 2.94. The summed E-state index contributed by atoms with van der Waals surface area (Å²) in [6.07, 6.45) is 1.45. The summed E-state index contributed by atoms with van der Waals surface area (Å²) in [4.78, 5) is 22.0. The van der Waals surface area contributed by atoms with Gasteiger partial charge in [-0.05, 0) is 82.1 Å². The molecular formula is C36H44F3N3O3. The Balaban J connectivity index is 1.56. The van der Waals surface area contributed by atoms with Gasteiger partial charge in [0.25, 0.3) is 0 Å². The smallest absolute Gasteiger partial charge is 0.337 e. The SMILES string of the molecule is Cc1nc(C)c([C@H](OC(C)(C)C)C(=O)O)c(N2CCC(C)(C)CC2)c1-c1ccc2c(c1)CCN(Cc1cc(F)c(F)cc1F)C2. The monoisotopic (exact) mass is 623 g/mol. The van der Waals surface area contributed by atoms with Crippen molar-refractivity contribution in [1.29, 1.82) is 0 Å². The molecule has 0 aliphatic carbocycles. The van der Waals surface area contributed by atoms with Crippen molar-refractivity contribution in [3.63, 3.8) is 0 Å². The fraction of sp³-hybridized carbons (Fsp3) is 0.500. The van der Waals surface area contributed by atoms with Crippen LogP contribution in [0.5, 0.6) is 0 Å². The van der Waals surface area contributed by atoms with Crippen LogP contribution >= 0.6 is 0 Å². The number of carbonyl (C=O) groups is 1. The Morgan fingerprint density at radius 3 is 2.29 bits per heavy atom. The summed E-state index contributed by atoms with van der Waals surface area (Å²) in [5, 5.41) is 10.4. The maximum absolute atomic E-state index is 14.4. The molecule has 1 fully saturated rings. The minimum absolute atomic E-state index is 0.127. The maximum Gasteiger partial charge on any atom is 0.337 e. The van der Waals surface area contributed by atoms with Gasteiger partial charge in [0, 0.05) is 66.9 Å². The third-order valence-corrected chi connectivity index (χ3v) is 9.04. The van der Waals surface area contributed by atoms with Crippen molar-refractivity contribution in [1.82, 2.24) is 9.88 Å². The Kier molecular flexibility index (Phi) is 9.08. The predicted octanol–water partition coefficient (Wildman–Crippen LogP) is 7.91. The molecule has 3 aromatic rings. The maximum atomic E-state index is 14.4. The molecule has 0 radical (unpaired) electrons. The van der Waals surface area contributed by atoms with E-state index < -0.39 is 35.1 Å². The van der Waals surface area contributed by atoms with Crippen molar-refractivity contribution in [2.24, 2.45) is 5.41 Å². The van der Waals surface area contributed by atoms with Crippen molar-refractivity contribution in [2.45, 2.75) is 92.5 Å².